The second-order valence-electron chi connectivity index (χ2n) is 6.96. The molecular weight excluding hydrogens is 234 g/mol. The Morgan fingerprint density at radius 1 is 1.05 bits per heavy atom. The molecule has 1 aliphatic heterocycles. The molecule has 0 amide bonds. The van der Waals surface area contributed by atoms with Gasteiger partial charge in [0.2, 0.25) is 0 Å². The maximum Gasteiger partial charge on any atom is 0.119 e. The summed E-state index contributed by atoms with van der Waals surface area (Å²) >= 11 is 0. The summed E-state index contributed by atoms with van der Waals surface area (Å²) in [6.07, 6.45) is 10.2. The molecule has 0 aromatic carbocycles. The molecule has 19 heavy (non-hydrogen) atoms. The maximum atomic E-state index is 4.63. The summed E-state index contributed by atoms with van der Waals surface area (Å²) in [7, 11) is 0. The second kappa shape index (κ2) is 7.76. The fourth-order valence-corrected chi connectivity index (χ4v) is 2.63. The van der Waals surface area contributed by atoms with Crippen molar-refractivity contribution < 1.29 is 0 Å². The van der Waals surface area contributed by atoms with Crippen LogP contribution < -0.4 is 0 Å². The summed E-state index contributed by atoms with van der Waals surface area (Å²) < 4.78 is 0. The molecule has 0 spiro atoms. The lowest BCUT2D eigenvalue weighted by Gasteiger charge is -2.34. The van der Waals surface area contributed by atoms with Gasteiger partial charge in [0.15, 0.2) is 0 Å². The molecule has 0 bridgehead atoms. The first kappa shape index (κ1) is 16.3. The summed E-state index contributed by atoms with van der Waals surface area (Å²) in [4.78, 5) is 2.43. The molecule has 3 nitrogen and oxygen atoms in total. The molecule has 0 saturated heterocycles. The normalized spacial score (nSPS) is 19.5. The molecule has 0 aliphatic carbocycles. The highest BCUT2D eigenvalue weighted by Crippen LogP contribution is 2.23. The van der Waals surface area contributed by atoms with Crippen molar-refractivity contribution in [1.82, 2.24) is 9.91 Å². The minimum absolute atomic E-state index is 0.330. The van der Waals surface area contributed by atoms with Crippen molar-refractivity contribution in [1.29, 1.82) is 0 Å². The third-order valence-electron chi connectivity index (χ3n) is 3.52. The van der Waals surface area contributed by atoms with Crippen LogP contribution in [0.5, 0.6) is 0 Å². The Bertz CT molecular complexity index is 268. The summed E-state index contributed by atoms with van der Waals surface area (Å²) in [6.45, 7) is 13.6. The second-order valence-corrected chi connectivity index (χ2v) is 6.96. The third-order valence-corrected chi connectivity index (χ3v) is 3.52. The van der Waals surface area contributed by atoms with Gasteiger partial charge in [-0.15, -0.1) is 0 Å². The molecule has 0 N–H and O–H groups in total. The van der Waals surface area contributed by atoms with Gasteiger partial charge in [-0.25, -0.2) is 0 Å². The number of hydrogen-bond acceptors (Lipinski definition) is 3. The van der Waals surface area contributed by atoms with Crippen molar-refractivity contribution in [3.63, 3.8) is 0 Å². The van der Waals surface area contributed by atoms with Gasteiger partial charge in [0.25, 0.3) is 0 Å². The van der Waals surface area contributed by atoms with Gasteiger partial charge < -0.3 is 4.90 Å². The molecule has 0 fully saturated rings. The average molecular weight is 267 g/mol. The van der Waals surface area contributed by atoms with Crippen molar-refractivity contribution in [3.05, 3.63) is 0 Å². The van der Waals surface area contributed by atoms with Crippen LogP contribution >= 0.6 is 0 Å². The van der Waals surface area contributed by atoms with E-state index in [1.807, 2.05) is 0 Å². The Balaban J connectivity index is 2.46. The minimum atomic E-state index is 0.330. The van der Waals surface area contributed by atoms with Gasteiger partial charge in [-0.1, -0.05) is 60.3 Å². The molecule has 0 saturated carbocycles. The zero-order chi connectivity index (χ0) is 14.3. The summed E-state index contributed by atoms with van der Waals surface area (Å²) in [5, 5.41) is 6.94. The number of hydrogen-bond donors (Lipinski definition) is 0. The molecule has 0 aromatic rings. The summed E-state index contributed by atoms with van der Waals surface area (Å²) in [5.41, 5.74) is 0.330. The van der Waals surface area contributed by atoms with Crippen LogP contribution in [0.3, 0.4) is 0 Å². The number of rotatable bonds is 8. The van der Waals surface area contributed by atoms with Crippen LogP contribution in [-0.4, -0.2) is 35.5 Å². The van der Waals surface area contributed by atoms with Crippen molar-refractivity contribution in [2.24, 2.45) is 10.5 Å². The van der Waals surface area contributed by atoms with E-state index in [1.54, 1.807) is 0 Å². The monoisotopic (exact) mass is 267 g/mol. The highest BCUT2D eigenvalue weighted by molar-refractivity contribution is 5.57. The molecule has 1 atom stereocenters. The first-order chi connectivity index (χ1) is 8.98. The smallest absolute Gasteiger partial charge is 0.119 e. The molecular formula is C16H33N3. The molecule has 112 valence electrons. The SMILES string of the molecule is CCCCCCN1N=CN(CC(C)(C)C)C1CCC. The number of hydrazone groups is 1. The maximum absolute atomic E-state index is 4.63. The largest absolute Gasteiger partial charge is 0.339 e. The zero-order valence-corrected chi connectivity index (χ0v) is 13.7. The molecule has 0 radical (unpaired) electrons. The Kier molecular flexibility index (Phi) is 6.67. The molecule has 1 aliphatic rings. The van der Waals surface area contributed by atoms with Crippen molar-refractivity contribution in [2.45, 2.75) is 79.3 Å². The van der Waals surface area contributed by atoms with E-state index in [9.17, 15) is 0 Å². The molecule has 1 heterocycles. The van der Waals surface area contributed by atoms with Crippen LogP contribution in [0, 0.1) is 5.41 Å². The zero-order valence-electron chi connectivity index (χ0n) is 13.7. The van der Waals surface area contributed by atoms with Crippen LogP contribution in [-0.2, 0) is 0 Å². The van der Waals surface area contributed by atoms with Gasteiger partial charge in [0.05, 0.1) is 0 Å². The predicted molar refractivity (Wildman–Crippen MR) is 84.2 cm³/mol. The van der Waals surface area contributed by atoms with Crippen LogP contribution in [0.25, 0.3) is 0 Å². The van der Waals surface area contributed by atoms with E-state index in [4.69, 9.17) is 0 Å². The van der Waals surface area contributed by atoms with Crippen LogP contribution in [0.2, 0.25) is 0 Å². The van der Waals surface area contributed by atoms with E-state index in [0.717, 1.165) is 13.1 Å². The Morgan fingerprint density at radius 3 is 2.37 bits per heavy atom. The first-order valence-electron chi connectivity index (χ1n) is 8.04. The van der Waals surface area contributed by atoms with E-state index >= 15 is 0 Å². The topological polar surface area (TPSA) is 18.8 Å². The van der Waals surface area contributed by atoms with E-state index in [-0.39, 0.29) is 0 Å². The summed E-state index contributed by atoms with van der Waals surface area (Å²) in [5.74, 6) is 0. The Morgan fingerprint density at radius 2 is 1.79 bits per heavy atom. The van der Waals surface area contributed by atoms with Gasteiger partial charge in [-0.05, 0) is 18.3 Å². The molecule has 3 heteroatoms. The van der Waals surface area contributed by atoms with Crippen molar-refractivity contribution in [3.8, 4) is 0 Å². The molecule has 1 unspecified atom stereocenters. The molecule has 1 rings (SSSR count). The Labute approximate surface area is 120 Å². The number of nitrogens with zero attached hydrogens (tertiary/aromatic N) is 3. The lowest BCUT2D eigenvalue weighted by Crippen LogP contribution is -2.43. The van der Waals surface area contributed by atoms with E-state index < -0.39 is 0 Å². The van der Waals surface area contributed by atoms with E-state index in [2.05, 4.69) is 56.0 Å². The van der Waals surface area contributed by atoms with Crippen molar-refractivity contribution >= 4 is 6.34 Å². The standard InChI is InChI=1S/C16H33N3/c1-6-8-9-10-12-19-15(11-7-2)18(14-17-19)13-16(3,4)5/h14-15H,6-13H2,1-5H3. The van der Waals surface area contributed by atoms with Gasteiger partial charge in [0.1, 0.15) is 12.5 Å². The van der Waals surface area contributed by atoms with Crippen LogP contribution in [0.15, 0.2) is 5.10 Å². The lowest BCUT2D eigenvalue weighted by molar-refractivity contribution is 0.0977. The predicted octanol–water partition coefficient (Wildman–Crippen LogP) is 4.30. The van der Waals surface area contributed by atoms with E-state index in [0.29, 0.717) is 11.6 Å². The number of unbranched alkanes of at least 4 members (excludes halogenated alkanes) is 3. The fraction of sp³-hybridized carbons (Fsp3) is 0.938. The van der Waals surface area contributed by atoms with E-state index in [1.165, 1.54) is 38.5 Å². The first-order valence-corrected chi connectivity index (χ1v) is 8.04. The molecule has 0 aromatic heterocycles. The van der Waals surface area contributed by atoms with Gasteiger partial charge >= 0.3 is 0 Å². The van der Waals surface area contributed by atoms with Gasteiger partial charge in [0, 0.05) is 13.1 Å². The van der Waals surface area contributed by atoms with Crippen LogP contribution in [0.1, 0.15) is 73.1 Å². The van der Waals surface area contributed by atoms with Crippen LogP contribution in [0.4, 0.5) is 0 Å². The third kappa shape index (κ3) is 5.84. The Hall–Kier alpha value is -0.730. The van der Waals surface area contributed by atoms with Gasteiger partial charge in [-0.3, -0.25) is 5.01 Å². The highest BCUT2D eigenvalue weighted by Gasteiger charge is 2.29. The minimum Gasteiger partial charge on any atom is -0.339 e. The van der Waals surface area contributed by atoms with Crippen molar-refractivity contribution in [2.75, 3.05) is 13.1 Å². The highest BCUT2D eigenvalue weighted by atomic mass is 15.6. The average Bonchev–Trinajstić information content (AvgIpc) is 2.66. The lowest BCUT2D eigenvalue weighted by atomic mass is 9.96. The fourth-order valence-electron chi connectivity index (χ4n) is 2.63. The summed E-state index contributed by atoms with van der Waals surface area (Å²) in [6, 6.07) is 0. The van der Waals surface area contributed by atoms with Gasteiger partial charge in [-0.2, -0.15) is 5.10 Å². The quantitative estimate of drug-likeness (QED) is 0.611.